The molecule has 0 atom stereocenters. The first-order chi connectivity index (χ1) is 15.3. The lowest BCUT2D eigenvalue weighted by atomic mass is 10.1. The van der Waals surface area contributed by atoms with Crippen LogP contribution >= 0.6 is 0 Å². The van der Waals surface area contributed by atoms with Gasteiger partial charge in [-0.25, -0.2) is 8.42 Å². The number of hydrogen-bond donors (Lipinski definition) is 1. The fourth-order valence-electron chi connectivity index (χ4n) is 3.24. The van der Waals surface area contributed by atoms with Gasteiger partial charge in [-0.15, -0.1) is 0 Å². The molecule has 0 saturated heterocycles. The number of nitrogens with one attached hydrogen (secondary N) is 1. The Morgan fingerprint density at radius 1 is 0.938 bits per heavy atom. The molecule has 3 aromatic rings. The second kappa shape index (κ2) is 9.74. The molecule has 0 spiro atoms. The number of anilines is 2. The summed E-state index contributed by atoms with van der Waals surface area (Å²) >= 11 is 0. The van der Waals surface area contributed by atoms with Crippen molar-refractivity contribution in [3.05, 3.63) is 77.9 Å². The summed E-state index contributed by atoms with van der Waals surface area (Å²) in [6.45, 7) is 3.27. The minimum atomic E-state index is -3.99. The largest absolute Gasteiger partial charge is 0.497 e. The van der Waals surface area contributed by atoms with E-state index in [1.54, 1.807) is 42.5 Å². The highest BCUT2D eigenvalue weighted by atomic mass is 32.2. The van der Waals surface area contributed by atoms with E-state index in [-0.39, 0.29) is 4.90 Å². The highest BCUT2D eigenvalue weighted by molar-refractivity contribution is 7.92. The lowest BCUT2D eigenvalue weighted by Crippen LogP contribution is -2.38. The van der Waals surface area contributed by atoms with Gasteiger partial charge in [0.25, 0.3) is 10.0 Å². The van der Waals surface area contributed by atoms with E-state index in [2.05, 4.69) is 5.32 Å². The van der Waals surface area contributed by atoms with Crippen molar-refractivity contribution in [1.82, 2.24) is 0 Å². The minimum Gasteiger partial charge on any atom is -0.497 e. The van der Waals surface area contributed by atoms with Crippen LogP contribution < -0.4 is 19.1 Å². The Morgan fingerprint density at radius 2 is 1.66 bits per heavy atom. The van der Waals surface area contributed by atoms with Crippen LogP contribution in [-0.4, -0.2) is 35.1 Å². The zero-order valence-corrected chi connectivity index (χ0v) is 19.3. The zero-order valence-electron chi connectivity index (χ0n) is 18.5. The minimum absolute atomic E-state index is 0.104. The molecule has 8 heteroatoms. The summed E-state index contributed by atoms with van der Waals surface area (Å²) in [5.74, 6) is 0.449. The van der Waals surface area contributed by atoms with Crippen LogP contribution in [0.5, 0.6) is 11.5 Å². The van der Waals surface area contributed by atoms with E-state index in [9.17, 15) is 13.2 Å². The van der Waals surface area contributed by atoms with Crippen molar-refractivity contribution in [2.45, 2.75) is 18.7 Å². The summed E-state index contributed by atoms with van der Waals surface area (Å²) in [5.41, 5.74) is 2.45. The fraction of sp³-hybridized carbons (Fsp3) is 0.208. The second-order valence-electron chi connectivity index (χ2n) is 7.23. The molecule has 7 nitrogen and oxygen atoms in total. The van der Waals surface area contributed by atoms with Gasteiger partial charge in [0.15, 0.2) is 0 Å². The maximum Gasteiger partial charge on any atom is 0.264 e. The molecule has 0 heterocycles. The van der Waals surface area contributed by atoms with Gasteiger partial charge in [-0.3, -0.25) is 9.10 Å². The van der Waals surface area contributed by atoms with Crippen molar-refractivity contribution < 1.29 is 22.7 Å². The molecule has 0 radical (unpaired) electrons. The molecule has 0 fully saturated rings. The SMILES string of the molecule is COc1ccc(OC)c(NC(=O)CN(c2cc(C)ccc2C)S(=O)(=O)c2ccccc2)c1. The first-order valence-electron chi connectivity index (χ1n) is 9.93. The lowest BCUT2D eigenvalue weighted by molar-refractivity contribution is -0.114. The van der Waals surface area contributed by atoms with Crippen LogP contribution in [-0.2, 0) is 14.8 Å². The summed E-state index contributed by atoms with van der Waals surface area (Å²) in [7, 11) is -0.991. The third-order valence-electron chi connectivity index (χ3n) is 4.93. The molecule has 1 amide bonds. The Kier molecular flexibility index (Phi) is 7.05. The predicted molar refractivity (Wildman–Crippen MR) is 125 cm³/mol. The van der Waals surface area contributed by atoms with Crippen LogP contribution in [0.1, 0.15) is 11.1 Å². The normalized spacial score (nSPS) is 11.0. The van der Waals surface area contributed by atoms with E-state index in [4.69, 9.17) is 9.47 Å². The number of hydrogen-bond acceptors (Lipinski definition) is 5. The van der Waals surface area contributed by atoms with Gasteiger partial charge in [-0.05, 0) is 55.3 Å². The molecule has 3 aromatic carbocycles. The molecule has 168 valence electrons. The van der Waals surface area contributed by atoms with Gasteiger partial charge >= 0.3 is 0 Å². The van der Waals surface area contributed by atoms with Crippen molar-refractivity contribution in [3.63, 3.8) is 0 Å². The third kappa shape index (κ3) is 5.03. The molecule has 0 aliphatic rings. The maximum absolute atomic E-state index is 13.5. The monoisotopic (exact) mass is 454 g/mol. The first-order valence-corrected chi connectivity index (χ1v) is 11.4. The molecule has 0 saturated carbocycles. The third-order valence-corrected chi connectivity index (χ3v) is 6.71. The van der Waals surface area contributed by atoms with Crippen molar-refractivity contribution in [3.8, 4) is 11.5 Å². The number of benzene rings is 3. The first kappa shape index (κ1) is 23.1. The highest BCUT2D eigenvalue weighted by Crippen LogP contribution is 2.30. The Hall–Kier alpha value is -3.52. The number of sulfonamides is 1. The summed E-state index contributed by atoms with van der Waals surface area (Å²) in [6, 6.07) is 18.5. The van der Waals surface area contributed by atoms with Crippen LogP contribution in [0.3, 0.4) is 0 Å². The van der Waals surface area contributed by atoms with Gasteiger partial charge in [0.05, 0.1) is 30.5 Å². The summed E-state index contributed by atoms with van der Waals surface area (Å²) in [5, 5.41) is 2.74. The number of ether oxygens (including phenoxy) is 2. The summed E-state index contributed by atoms with van der Waals surface area (Å²) in [4.78, 5) is 13.1. The number of aryl methyl sites for hydroxylation is 2. The number of nitrogens with zero attached hydrogens (tertiary/aromatic N) is 1. The average molecular weight is 455 g/mol. The maximum atomic E-state index is 13.5. The predicted octanol–water partition coefficient (Wildman–Crippen LogP) is 4.15. The van der Waals surface area contributed by atoms with E-state index in [0.717, 1.165) is 15.4 Å². The van der Waals surface area contributed by atoms with Crippen LogP contribution in [0, 0.1) is 13.8 Å². The topological polar surface area (TPSA) is 84.9 Å². The Labute approximate surface area is 188 Å². The molecule has 1 N–H and O–H groups in total. The molecule has 0 bridgehead atoms. The van der Waals surface area contributed by atoms with Gasteiger partial charge < -0.3 is 14.8 Å². The van der Waals surface area contributed by atoms with Gasteiger partial charge in [0, 0.05) is 6.07 Å². The second-order valence-corrected chi connectivity index (χ2v) is 9.09. The standard InChI is InChI=1S/C24H26N2O5S/c1-17-10-11-18(2)22(14-17)26(32(28,29)20-8-6-5-7-9-20)16-24(27)25-21-15-19(30-3)12-13-23(21)31-4/h5-15H,16H2,1-4H3,(H,25,27). The van der Waals surface area contributed by atoms with Crippen molar-refractivity contribution in [2.24, 2.45) is 0 Å². The van der Waals surface area contributed by atoms with E-state index in [0.29, 0.717) is 22.9 Å². The smallest absolute Gasteiger partial charge is 0.264 e. The van der Waals surface area contributed by atoms with Crippen LogP contribution in [0.25, 0.3) is 0 Å². The van der Waals surface area contributed by atoms with Gasteiger partial charge in [-0.1, -0.05) is 30.3 Å². The van der Waals surface area contributed by atoms with Crippen molar-refractivity contribution in [2.75, 3.05) is 30.4 Å². The molecule has 32 heavy (non-hydrogen) atoms. The lowest BCUT2D eigenvalue weighted by Gasteiger charge is -2.26. The zero-order chi connectivity index (χ0) is 23.3. The number of rotatable bonds is 8. The molecule has 0 aromatic heterocycles. The molecule has 0 aliphatic carbocycles. The van der Waals surface area contributed by atoms with Crippen LogP contribution in [0.4, 0.5) is 11.4 Å². The summed E-state index contributed by atoms with van der Waals surface area (Å²) < 4.78 is 38.7. The molecule has 0 aliphatic heterocycles. The van der Waals surface area contributed by atoms with Gasteiger partial charge in [0.2, 0.25) is 5.91 Å². The number of carbonyl (C=O) groups is 1. The molecular formula is C24H26N2O5S. The number of methoxy groups -OCH3 is 2. The highest BCUT2D eigenvalue weighted by Gasteiger charge is 2.28. The van der Waals surface area contributed by atoms with Crippen LogP contribution in [0.2, 0.25) is 0 Å². The van der Waals surface area contributed by atoms with E-state index >= 15 is 0 Å². The van der Waals surface area contributed by atoms with Crippen LogP contribution in [0.15, 0.2) is 71.6 Å². The van der Waals surface area contributed by atoms with Crippen molar-refractivity contribution >= 4 is 27.3 Å². The summed E-state index contributed by atoms with van der Waals surface area (Å²) in [6.07, 6.45) is 0. The van der Waals surface area contributed by atoms with Gasteiger partial charge in [0.1, 0.15) is 18.0 Å². The fourth-order valence-corrected chi connectivity index (χ4v) is 4.74. The number of carbonyl (C=O) groups excluding carboxylic acids is 1. The average Bonchev–Trinajstić information content (AvgIpc) is 2.79. The van der Waals surface area contributed by atoms with Crippen molar-refractivity contribution in [1.29, 1.82) is 0 Å². The molecule has 3 rings (SSSR count). The quantitative estimate of drug-likeness (QED) is 0.553. The Morgan fingerprint density at radius 3 is 2.31 bits per heavy atom. The Bertz CT molecular complexity index is 1210. The van der Waals surface area contributed by atoms with E-state index in [1.807, 2.05) is 26.0 Å². The van der Waals surface area contributed by atoms with E-state index in [1.165, 1.54) is 26.4 Å². The molecule has 0 unspecified atom stereocenters. The van der Waals surface area contributed by atoms with Gasteiger partial charge in [-0.2, -0.15) is 0 Å². The molecular weight excluding hydrogens is 428 g/mol. The Balaban J connectivity index is 2.00. The number of amides is 1. The van der Waals surface area contributed by atoms with E-state index < -0.39 is 22.5 Å².